The van der Waals surface area contributed by atoms with Crippen molar-refractivity contribution in [2.45, 2.75) is 32.2 Å². The SMILES string of the molecule is O=C(NCc1cccnc1)C1CC2CCC1C2. The lowest BCUT2D eigenvalue weighted by Gasteiger charge is -2.20. The number of amides is 1. The van der Waals surface area contributed by atoms with E-state index in [0.29, 0.717) is 12.5 Å². The summed E-state index contributed by atoms with van der Waals surface area (Å²) in [5, 5.41) is 3.05. The third-order valence-corrected chi connectivity index (χ3v) is 4.26. The molecule has 0 radical (unpaired) electrons. The van der Waals surface area contributed by atoms with Gasteiger partial charge >= 0.3 is 0 Å². The van der Waals surface area contributed by atoms with Crippen molar-refractivity contribution < 1.29 is 4.79 Å². The second-order valence-corrected chi connectivity index (χ2v) is 5.36. The van der Waals surface area contributed by atoms with Crippen LogP contribution in [0.2, 0.25) is 0 Å². The average molecular weight is 230 g/mol. The van der Waals surface area contributed by atoms with Gasteiger partial charge in [-0.25, -0.2) is 0 Å². The standard InChI is InChI=1S/C14H18N2O/c17-14(13-7-10-3-4-12(13)6-10)16-9-11-2-1-5-15-8-11/h1-2,5,8,10,12-13H,3-4,6-7,9H2,(H,16,17). The summed E-state index contributed by atoms with van der Waals surface area (Å²) in [6.45, 7) is 0.612. The van der Waals surface area contributed by atoms with Crippen molar-refractivity contribution in [3.8, 4) is 0 Å². The van der Waals surface area contributed by atoms with E-state index in [1.54, 1.807) is 12.4 Å². The second-order valence-electron chi connectivity index (χ2n) is 5.36. The van der Waals surface area contributed by atoms with Gasteiger partial charge in [0.25, 0.3) is 0 Å². The summed E-state index contributed by atoms with van der Waals surface area (Å²) in [6.07, 6.45) is 8.56. The van der Waals surface area contributed by atoms with E-state index in [2.05, 4.69) is 10.3 Å². The molecule has 2 fully saturated rings. The normalized spacial score (nSPS) is 30.5. The maximum absolute atomic E-state index is 12.1. The third kappa shape index (κ3) is 2.19. The lowest BCUT2D eigenvalue weighted by molar-refractivity contribution is -0.126. The summed E-state index contributed by atoms with van der Waals surface area (Å²) in [4.78, 5) is 16.1. The number of nitrogens with one attached hydrogen (secondary N) is 1. The predicted molar refractivity (Wildman–Crippen MR) is 65.0 cm³/mol. The van der Waals surface area contributed by atoms with Gasteiger partial charge in [-0.05, 0) is 42.7 Å². The van der Waals surface area contributed by atoms with E-state index < -0.39 is 0 Å². The van der Waals surface area contributed by atoms with Gasteiger partial charge in [0.15, 0.2) is 0 Å². The molecule has 0 aromatic carbocycles. The minimum atomic E-state index is 0.251. The molecule has 2 saturated carbocycles. The van der Waals surface area contributed by atoms with E-state index in [1.807, 2.05) is 12.1 Å². The van der Waals surface area contributed by atoms with Gasteiger partial charge in [0.05, 0.1) is 0 Å². The minimum absolute atomic E-state index is 0.251. The lowest BCUT2D eigenvalue weighted by Crippen LogP contribution is -2.33. The Balaban J connectivity index is 1.54. The fourth-order valence-corrected chi connectivity index (χ4v) is 3.39. The van der Waals surface area contributed by atoms with E-state index in [9.17, 15) is 4.79 Å². The summed E-state index contributed by atoms with van der Waals surface area (Å²) in [7, 11) is 0. The van der Waals surface area contributed by atoms with Crippen LogP contribution in [0.1, 0.15) is 31.2 Å². The zero-order chi connectivity index (χ0) is 11.7. The quantitative estimate of drug-likeness (QED) is 0.864. The van der Waals surface area contributed by atoms with Crippen LogP contribution in [0.25, 0.3) is 0 Å². The molecule has 1 heterocycles. The predicted octanol–water partition coefficient (Wildman–Crippen LogP) is 2.13. The van der Waals surface area contributed by atoms with E-state index in [-0.39, 0.29) is 11.8 Å². The maximum atomic E-state index is 12.1. The molecule has 1 aromatic heterocycles. The number of rotatable bonds is 3. The van der Waals surface area contributed by atoms with Crippen LogP contribution in [-0.2, 0) is 11.3 Å². The Hall–Kier alpha value is -1.38. The summed E-state index contributed by atoms with van der Waals surface area (Å²) in [5.74, 6) is 2.02. The number of hydrogen-bond donors (Lipinski definition) is 1. The van der Waals surface area contributed by atoms with Crippen molar-refractivity contribution in [1.29, 1.82) is 0 Å². The Morgan fingerprint density at radius 2 is 2.35 bits per heavy atom. The van der Waals surface area contributed by atoms with E-state index in [1.165, 1.54) is 19.3 Å². The van der Waals surface area contributed by atoms with E-state index in [4.69, 9.17) is 0 Å². The first-order valence-electron chi connectivity index (χ1n) is 6.49. The molecule has 3 atom stereocenters. The fourth-order valence-electron chi connectivity index (χ4n) is 3.39. The third-order valence-electron chi connectivity index (χ3n) is 4.26. The highest BCUT2D eigenvalue weighted by atomic mass is 16.1. The van der Waals surface area contributed by atoms with Crippen LogP contribution in [0.3, 0.4) is 0 Å². The van der Waals surface area contributed by atoms with Gasteiger partial charge in [0, 0.05) is 24.9 Å². The molecule has 90 valence electrons. The van der Waals surface area contributed by atoms with Crippen molar-refractivity contribution in [2.24, 2.45) is 17.8 Å². The van der Waals surface area contributed by atoms with Gasteiger partial charge in [-0.3, -0.25) is 9.78 Å². The van der Waals surface area contributed by atoms with Gasteiger partial charge in [-0.2, -0.15) is 0 Å². The van der Waals surface area contributed by atoms with Crippen LogP contribution in [0.5, 0.6) is 0 Å². The van der Waals surface area contributed by atoms with Gasteiger partial charge in [-0.1, -0.05) is 12.5 Å². The Kier molecular flexibility index (Phi) is 2.83. The molecule has 1 amide bonds. The Morgan fingerprint density at radius 1 is 1.41 bits per heavy atom. The number of fused-ring (bicyclic) bond motifs is 2. The zero-order valence-electron chi connectivity index (χ0n) is 9.93. The Morgan fingerprint density at radius 3 is 3.00 bits per heavy atom. The Bertz CT molecular complexity index is 404. The summed E-state index contributed by atoms with van der Waals surface area (Å²) < 4.78 is 0. The highest BCUT2D eigenvalue weighted by molar-refractivity contribution is 5.79. The number of carbonyl (C=O) groups excluding carboxylic acids is 1. The largest absolute Gasteiger partial charge is 0.352 e. The van der Waals surface area contributed by atoms with Crippen LogP contribution < -0.4 is 5.32 Å². The number of pyridine rings is 1. The molecule has 3 rings (SSSR count). The van der Waals surface area contributed by atoms with Crippen LogP contribution in [0.15, 0.2) is 24.5 Å². The average Bonchev–Trinajstić information content (AvgIpc) is 2.99. The molecule has 1 aromatic rings. The van der Waals surface area contributed by atoms with E-state index in [0.717, 1.165) is 17.9 Å². The number of nitrogens with zero attached hydrogens (tertiary/aromatic N) is 1. The summed E-state index contributed by atoms with van der Waals surface area (Å²) >= 11 is 0. The smallest absolute Gasteiger partial charge is 0.223 e. The highest BCUT2D eigenvalue weighted by Gasteiger charge is 2.42. The van der Waals surface area contributed by atoms with Crippen LogP contribution >= 0.6 is 0 Å². The van der Waals surface area contributed by atoms with Gasteiger partial charge in [0.1, 0.15) is 0 Å². The lowest BCUT2D eigenvalue weighted by atomic mass is 9.88. The molecule has 0 aliphatic heterocycles. The number of aromatic nitrogens is 1. The molecule has 3 heteroatoms. The molecule has 2 aliphatic carbocycles. The van der Waals surface area contributed by atoms with Crippen molar-refractivity contribution in [2.75, 3.05) is 0 Å². The first-order valence-corrected chi connectivity index (χ1v) is 6.49. The summed E-state index contributed by atoms with van der Waals surface area (Å²) in [5.41, 5.74) is 1.07. The zero-order valence-corrected chi connectivity index (χ0v) is 9.93. The van der Waals surface area contributed by atoms with E-state index >= 15 is 0 Å². The number of carbonyl (C=O) groups is 1. The van der Waals surface area contributed by atoms with Gasteiger partial charge in [-0.15, -0.1) is 0 Å². The fraction of sp³-hybridized carbons (Fsp3) is 0.571. The van der Waals surface area contributed by atoms with Gasteiger partial charge < -0.3 is 5.32 Å². The molecule has 3 unspecified atom stereocenters. The molecule has 17 heavy (non-hydrogen) atoms. The molecular weight excluding hydrogens is 212 g/mol. The second kappa shape index (κ2) is 4.47. The number of hydrogen-bond acceptors (Lipinski definition) is 2. The summed E-state index contributed by atoms with van der Waals surface area (Å²) in [6, 6.07) is 3.90. The van der Waals surface area contributed by atoms with Crippen molar-refractivity contribution >= 4 is 5.91 Å². The van der Waals surface area contributed by atoms with Crippen LogP contribution in [0.4, 0.5) is 0 Å². The molecule has 1 N–H and O–H groups in total. The first kappa shape index (κ1) is 10.8. The maximum Gasteiger partial charge on any atom is 0.223 e. The molecular formula is C14H18N2O. The van der Waals surface area contributed by atoms with Crippen LogP contribution in [0, 0.1) is 17.8 Å². The topological polar surface area (TPSA) is 42.0 Å². The highest BCUT2D eigenvalue weighted by Crippen LogP contribution is 2.48. The molecule has 2 aliphatic rings. The first-order chi connectivity index (χ1) is 8.33. The molecule has 0 saturated heterocycles. The van der Waals surface area contributed by atoms with Gasteiger partial charge in [0.2, 0.25) is 5.91 Å². The molecule has 3 nitrogen and oxygen atoms in total. The molecule has 2 bridgehead atoms. The van der Waals surface area contributed by atoms with Crippen molar-refractivity contribution in [3.63, 3.8) is 0 Å². The Labute approximate surface area is 102 Å². The molecule has 0 spiro atoms. The van der Waals surface area contributed by atoms with Crippen LogP contribution in [-0.4, -0.2) is 10.9 Å². The monoisotopic (exact) mass is 230 g/mol. The minimum Gasteiger partial charge on any atom is -0.352 e. The van der Waals surface area contributed by atoms with Crippen molar-refractivity contribution in [3.05, 3.63) is 30.1 Å². The van der Waals surface area contributed by atoms with Crippen molar-refractivity contribution in [1.82, 2.24) is 10.3 Å².